The zero-order valence-corrected chi connectivity index (χ0v) is 29.9. The summed E-state index contributed by atoms with van der Waals surface area (Å²) in [5.41, 5.74) is -0.939. The number of amides is 3. The molecule has 0 aromatic carbocycles. The minimum atomic E-state index is -2.46. The molecule has 0 saturated carbocycles. The average Bonchev–Trinajstić information content (AvgIpc) is 3.68. The highest BCUT2D eigenvalue weighted by Crippen LogP contribution is 2.30. The van der Waals surface area contributed by atoms with Gasteiger partial charge >= 0.3 is 0 Å². The predicted octanol–water partition coefficient (Wildman–Crippen LogP) is 2.82. The fourth-order valence-corrected chi connectivity index (χ4v) is 6.05. The van der Waals surface area contributed by atoms with Crippen molar-refractivity contribution in [1.82, 2.24) is 15.5 Å². The second-order valence-electron chi connectivity index (χ2n) is 14.1. The molecule has 1 heterocycles. The summed E-state index contributed by atoms with van der Waals surface area (Å²) in [6.07, 6.45) is 0.153. The lowest BCUT2D eigenvalue weighted by Crippen LogP contribution is -2.56. The Labute approximate surface area is 265 Å². The number of Topliss-reactive ketones (excluding diaryl/α,β-unsaturated/α-hetero) is 2. The molecule has 0 bridgehead atoms. The van der Waals surface area contributed by atoms with Gasteiger partial charge in [-0.1, -0.05) is 54.4 Å². The second-order valence-corrected chi connectivity index (χ2v) is 18.2. The summed E-state index contributed by atoms with van der Waals surface area (Å²) < 4.78 is 5.31. The van der Waals surface area contributed by atoms with E-state index in [0.717, 1.165) is 0 Å². The smallest absolute Gasteiger partial charge is 0.243 e. The monoisotopic (exact) mass is 641 g/mol. The van der Waals surface area contributed by atoms with Gasteiger partial charge < -0.3 is 30.2 Å². The molecule has 12 heteroatoms. The molecule has 8 atom stereocenters. The first-order valence-electron chi connectivity index (χ1n) is 16.2. The summed E-state index contributed by atoms with van der Waals surface area (Å²) in [6, 6.07) is -2.23. The Morgan fingerprint density at radius 1 is 0.955 bits per heavy atom. The highest BCUT2D eigenvalue weighted by Gasteiger charge is 2.50. The quantitative estimate of drug-likeness (QED) is 0.116. The van der Waals surface area contributed by atoms with Crippen LogP contribution < -0.4 is 10.6 Å². The van der Waals surface area contributed by atoms with E-state index in [1.54, 1.807) is 27.1 Å². The van der Waals surface area contributed by atoms with Crippen molar-refractivity contribution in [3.63, 3.8) is 0 Å². The van der Waals surface area contributed by atoms with Crippen molar-refractivity contribution in [3.05, 3.63) is 0 Å². The van der Waals surface area contributed by atoms with Crippen molar-refractivity contribution < 1.29 is 38.6 Å². The molecule has 44 heavy (non-hydrogen) atoms. The van der Waals surface area contributed by atoms with Gasteiger partial charge in [0.25, 0.3) is 0 Å². The number of ether oxygens (including phenoxy) is 1. The van der Waals surface area contributed by atoms with Gasteiger partial charge in [-0.05, 0) is 57.2 Å². The van der Waals surface area contributed by atoms with Crippen LogP contribution in [0.5, 0.6) is 0 Å². The third kappa shape index (κ3) is 12.0. The Bertz CT molecular complexity index is 1010. The zero-order chi connectivity index (χ0) is 34.2. The Hall–Kier alpha value is -2.15. The molecule has 0 spiro atoms. The van der Waals surface area contributed by atoms with Crippen LogP contribution in [-0.4, -0.2) is 95.9 Å². The number of likely N-dealkylation sites (N-methyl/N-ethyl adjacent to an activating group) is 1. The van der Waals surface area contributed by atoms with Gasteiger partial charge in [0, 0.05) is 19.9 Å². The van der Waals surface area contributed by atoms with Crippen LogP contribution >= 0.6 is 0 Å². The van der Waals surface area contributed by atoms with Crippen molar-refractivity contribution in [3.8, 4) is 0 Å². The predicted molar refractivity (Wildman–Crippen MR) is 172 cm³/mol. The molecule has 0 aliphatic carbocycles. The number of ketones is 2. The zero-order valence-electron chi connectivity index (χ0n) is 28.9. The van der Waals surface area contributed by atoms with Crippen LogP contribution in [0, 0.1) is 23.7 Å². The molecule has 254 valence electrons. The SMILES string of the molecule is CC[C@H](C)[C@H](NC(=O)[C@H]([C@@H](C)CC)N(C)C(=O)CC[Si](C)(C)O)C(=O)C[C@H](C(=O)N[C@@H](CC(C)C)C(=O)[C@@]1(C)CO1)[C@@H](C)O. The molecule has 11 nitrogen and oxygen atoms in total. The number of aliphatic hydroxyl groups excluding tert-OH is 1. The van der Waals surface area contributed by atoms with Gasteiger partial charge in [-0.3, -0.25) is 24.0 Å². The molecular weight excluding hydrogens is 582 g/mol. The van der Waals surface area contributed by atoms with Crippen molar-refractivity contribution in [2.45, 2.75) is 136 Å². The van der Waals surface area contributed by atoms with Gasteiger partial charge in [0.1, 0.15) is 11.6 Å². The van der Waals surface area contributed by atoms with Crippen LogP contribution in [-0.2, 0) is 28.7 Å². The third-order valence-electron chi connectivity index (χ3n) is 8.85. The van der Waals surface area contributed by atoms with E-state index in [2.05, 4.69) is 10.6 Å². The molecular formula is C32H59N3O8Si. The van der Waals surface area contributed by atoms with Crippen molar-refractivity contribution in [2.24, 2.45) is 23.7 Å². The van der Waals surface area contributed by atoms with E-state index in [9.17, 15) is 33.9 Å². The van der Waals surface area contributed by atoms with Crippen molar-refractivity contribution in [1.29, 1.82) is 0 Å². The van der Waals surface area contributed by atoms with E-state index >= 15 is 0 Å². The van der Waals surface area contributed by atoms with Gasteiger partial charge in [-0.15, -0.1) is 0 Å². The van der Waals surface area contributed by atoms with Crippen LogP contribution in [0.15, 0.2) is 0 Å². The summed E-state index contributed by atoms with van der Waals surface area (Å²) in [7, 11) is -0.891. The standard InChI is InChI=1S/C32H59N3O8Si/c1-12-20(5)27(34-31(41)28(21(6)13-2)35(9)26(38)14-15-44(10,11)42)25(37)17-23(22(7)36)30(40)33-24(16-19(3)4)29(39)32(8)18-43-32/h19-24,27-28,36,42H,12-18H2,1-11H3,(H,33,40)(H,34,41)/t20-,21-,22+,23-,24-,27-,28-,32+/m0/s1. The van der Waals surface area contributed by atoms with Gasteiger partial charge in [0.15, 0.2) is 19.9 Å². The van der Waals surface area contributed by atoms with Crippen molar-refractivity contribution >= 4 is 37.6 Å². The van der Waals surface area contributed by atoms with Gasteiger partial charge in [-0.25, -0.2) is 0 Å². The molecule has 4 N–H and O–H groups in total. The van der Waals surface area contributed by atoms with E-state index in [4.69, 9.17) is 4.74 Å². The fourth-order valence-electron chi connectivity index (χ4n) is 5.22. The van der Waals surface area contributed by atoms with Crippen molar-refractivity contribution in [2.75, 3.05) is 13.7 Å². The normalized spacial score (nSPS) is 21.3. The summed E-state index contributed by atoms with van der Waals surface area (Å²) in [6.45, 7) is 18.3. The highest BCUT2D eigenvalue weighted by atomic mass is 28.4. The molecule has 1 saturated heterocycles. The van der Waals surface area contributed by atoms with Crippen LogP contribution in [0.3, 0.4) is 0 Å². The number of rotatable bonds is 20. The van der Waals surface area contributed by atoms with E-state index in [-0.39, 0.29) is 48.9 Å². The number of aliphatic hydroxyl groups is 1. The van der Waals surface area contributed by atoms with Crippen LogP contribution in [0.1, 0.15) is 87.5 Å². The first-order valence-corrected chi connectivity index (χ1v) is 19.3. The Morgan fingerprint density at radius 3 is 1.93 bits per heavy atom. The largest absolute Gasteiger partial charge is 0.432 e. The number of hydrogen-bond donors (Lipinski definition) is 4. The molecule has 0 radical (unpaired) electrons. The number of carbonyl (C=O) groups excluding carboxylic acids is 5. The first kappa shape index (κ1) is 39.9. The van der Waals surface area contributed by atoms with Crippen LogP contribution in [0.25, 0.3) is 0 Å². The van der Waals surface area contributed by atoms with E-state index in [1.807, 2.05) is 41.5 Å². The average molecular weight is 642 g/mol. The molecule has 1 aliphatic rings. The number of hydrogen-bond acceptors (Lipinski definition) is 8. The van der Waals surface area contributed by atoms with E-state index in [1.165, 1.54) is 11.8 Å². The summed E-state index contributed by atoms with van der Waals surface area (Å²) in [5, 5.41) is 16.2. The molecule has 0 aromatic rings. The number of nitrogens with one attached hydrogen (secondary N) is 2. The Kier molecular flexibility index (Phi) is 15.4. The van der Waals surface area contributed by atoms with E-state index < -0.39 is 61.7 Å². The minimum absolute atomic E-state index is 0.101. The van der Waals surface area contributed by atoms with Gasteiger partial charge in [0.05, 0.1) is 30.7 Å². The fraction of sp³-hybridized carbons (Fsp3) is 0.844. The molecule has 1 rings (SSSR count). The first-order chi connectivity index (χ1) is 20.2. The molecule has 0 aromatic heterocycles. The Morgan fingerprint density at radius 2 is 1.50 bits per heavy atom. The van der Waals surface area contributed by atoms with Gasteiger partial charge in [0.2, 0.25) is 17.7 Å². The second kappa shape index (κ2) is 17.0. The molecule has 3 amide bonds. The summed E-state index contributed by atoms with van der Waals surface area (Å²) in [5.74, 6) is -3.51. The number of epoxide rings is 1. The topological polar surface area (TPSA) is 166 Å². The molecule has 0 unspecified atom stereocenters. The summed E-state index contributed by atoms with van der Waals surface area (Å²) in [4.78, 5) is 78.6. The summed E-state index contributed by atoms with van der Waals surface area (Å²) >= 11 is 0. The molecule has 1 aliphatic heterocycles. The maximum atomic E-state index is 13.7. The molecule has 1 fully saturated rings. The minimum Gasteiger partial charge on any atom is -0.432 e. The lowest BCUT2D eigenvalue weighted by Gasteiger charge is -2.34. The number of carbonyl (C=O) groups is 5. The van der Waals surface area contributed by atoms with E-state index in [0.29, 0.717) is 25.3 Å². The third-order valence-corrected chi connectivity index (χ3v) is 10.3. The maximum absolute atomic E-state index is 13.7. The van der Waals surface area contributed by atoms with Crippen LogP contribution in [0.4, 0.5) is 0 Å². The van der Waals surface area contributed by atoms with Gasteiger partial charge in [-0.2, -0.15) is 0 Å². The van der Waals surface area contributed by atoms with Crippen LogP contribution in [0.2, 0.25) is 19.1 Å². The maximum Gasteiger partial charge on any atom is 0.243 e. The highest BCUT2D eigenvalue weighted by molar-refractivity contribution is 6.69. The lowest BCUT2D eigenvalue weighted by atomic mass is 9.86. The number of nitrogens with zero attached hydrogens (tertiary/aromatic N) is 1. The lowest BCUT2D eigenvalue weighted by molar-refractivity contribution is -0.142. The Balaban J connectivity index is 3.18.